The third kappa shape index (κ3) is 4.83. The zero-order valence-electron chi connectivity index (χ0n) is 17.2. The largest absolute Gasteiger partial charge is 0.343 e. The first-order valence-electron chi connectivity index (χ1n) is 10.5. The van der Waals surface area contributed by atoms with E-state index in [-0.39, 0.29) is 23.7 Å². The van der Waals surface area contributed by atoms with Gasteiger partial charge in [-0.2, -0.15) is 4.31 Å². The minimum Gasteiger partial charge on any atom is -0.343 e. The number of sulfonamides is 1. The number of hydrogen-bond acceptors (Lipinski definition) is 5. The van der Waals surface area contributed by atoms with Crippen molar-refractivity contribution in [2.75, 3.05) is 39.3 Å². The Morgan fingerprint density at radius 2 is 1.62 bits per heavy atom. The molecule has 0 aromatic carbocycles. The molecule has 9 heteroatoms. The van der Waals surface area contributed by atoms with Gasteiger partial charge in [0.15, 0.2) is 0 Å². The number of thiophene rings is 1. The van der Waals surface area contributed by atoms with Gasteiger partial charge in [-0.1, -0.05) is 6.07 Å². The van der Waals surface area contributed by atoms with Gasteiger partial charge in [-0.25, -0.2) is 8.42 Å². The highest BCUT2D eigenvalue weighted by Crippen LogP contribution is 2.28. The molecule has 0 atom stereocenters. The average molecular weight is 442 g/mol. The second kappa shape index (κ2) is 9.57. The van der Waals surface area contributed by atoms with E-state index in [1.54, 1.807) is 17.5 Å². The van der Waals surface area contributed by atoms with E-state index in [0.717, 1.165) is 13.1 Å². The molecular formula is C20H31N3O4S2. The number of amides is 2. The SMILES string of the molecule is CCN(CC)C(=O)C1CCN(C(=O)C2CCN(S(=O)(=O)c3cccs3)CC2)CC1. The lowest BCUT2D eigenvalue weighted by atomic mass is 9.92. The van der Waals surface area contributed by atoms with Crippen molar-refractivity contribution in [3.05, 3.63) is 17.5 Å². The summed E-state index contributed by atoms with van der Waals surface area (Å²) in [6.07, 6.45) is 2.54. The summed E-state index contributed by atoms with van der Waals surface area (Å²) in [4.78, 5) is 29.2. The van der Waals surface area contributed by atoms with Gasteiger partial charge in [0.25, 0.3) is 10.0 Å². The van der Waals surface area contributed by atoms with Crippen molar-refractivity contribution in [2.45, 2.75) is 43.7 Å². The Morgan fingerprint density at radius 3 is 2.14 bits per heavy atom. The normalized spacial score (nSPS) is 20.0. The number of hydrogen-bond donors (Lipinski definition) is 0. The van der Waals surface area contributed by atoms with Gasteiger partial charge in [-0.3, -0.25) is 9.59 Å². The van der Waals surface area contributed by atoms with Crippen LogP contribution in [0.5, 0.6) is 0 Å². The van der Waals surface area contributed by atoms with Crippen molar-refractivity contribution >= 4 is 33.2 Å². The molecule has 3 rings (SSSR count). The summed E-state index contributed by atoms with van der Waals surface area (Å²) in [6, 6.07) is 3.36. The smallest absolute Gasteiger partial charge is 0.252 e. The molecule has 2 aliphatic rings. The minimum absolute atomic E-state index is 0.0109. The summed E-state index contributed by atoms with van der Waals surface area (Å²) in [5.74, 6) is 0.206. The molecule has 162 valence electrons. The first-order valence-corrected chi connectivity index (χ1v) is 12.8. The van der Waals surface area contributed by atoms with Crippen LogP contribution in [0, 0.1) is 11.8 Å². The van der Waals surface area contributed by atoms with Crippen molar-refractivity contribution in [2.24, 2.45) is 11.8 Å². The van der Waals surface area contributed by atoms with Gasteiger partial charge in [0.1, 0.15) is 4.21 Å². The zero-order valence-corrected chi connectivity index (χ0v) is 18.9. The molecule has 0 bridgehead atoms. The van der Waals surface area contributed by atoms with Crippen LogP contribution in [0.15, 0.2) is 21.7 Å². The van der Waals surface area contributed by atoms with E-state index in [4.69, 9.17) is 0 Å². The molecule has 2 fully saturated rings. The van der Waals surface area contributed by atoms with Crippen LogP contribution in [0.3, 0.4) is 0 Å². The van der Waals surface area contributed by atoms with Crippen molar-refractivity contribution in [3.63, 3.8) is 0 Å². The molecule has 0 spiro atoms. The third-order valence-electron chi connectivity index (χ3n) is 6.12. The number of piperidine rings is 2. The molecule has 0 radical (unpaired) electrons. The zero-order chi connectivity index (χ0) is 21.0. The van der Waals surface area contributed by atoms with Crippen LogP contribution in [0.25, 0.3) is 0 Å². The second-order valence-corrected chi connectivity index (χ2v) is 10.8. The summed E-state index contributed by atoms with van der Waals surface area (Å²) < 4.78 is 27.1. The number of likely N-dealkylation sites (tertiary alicyclic amines) is 1. The maximum absolute atomic E-state index is 12.9. The summed E-state index contributed by atoms with van der Waals surface area (Å²) in [5, 5.41) is 1.76. The van der Waals surface area contributed by atoms with Gasteiger partial charge < -0.3 is 9.80 Å². The van der Waals surface area contributed by atoms with E-state index in [2.05, 4.69) is 0 Å². The van der Waals surface area contributed by atoms with Crippen molar-refractivity contribution in [3.8, 4) is 0 Å². The van der Waals surface area contributed by atoms with Crippen LogP contribution in [-0.2, 0) is 19.6 Å². The third-order valence-corrected chi connectivity index (χ3v) is 9.40. The Morgan fingerprint density at radius 1 is 1.03 bits per heavy atom. The van der Waals surface area contributed by atoms with Crippen molar-refractivity contribution in [1.82, 2.24) is 14.1 Å². The first kappa shape index (κ1) is 22.2. The molecule has 2 aliphatic heterocycles. The Labute approximate surface area is 177 Å². The quantitative estimate of drug-likeness (QED) is 0.678. The van der Waals surface area contributed by atoms with Crippen LogP contribution < -0.4 is 0 Å². The average Bonchev–Trinajstić information content (AvgIpc) is 3.30. The molecule has 3 heterocycles. The van der Waals surface area contributed by atoms with Crippen molar-refractivity contribution in [1.29, 1.82) is 0 Å². The molecule has 0 aliphatic carbocycles. The maximum atomic E-state index is 12.9. The molecule has 0 saturated carbocycles. The fourth-order valence-electron chi connectivity index (χ4n) is 4.28. The molecule has 0 unspecified atom stereocenters. The lowest BCUT2D eigenvalue weighted by Gasteiger charge is -2.37. The number of carbonyl (C=O) groups is 2. The Kier molecular flexibility index (Phi) is 7.34. The van der Waals surface area contributed by atoms with Gasteiger partial charge in [-0.15, -0.1) is 11.3 Å². The summed E-state index contributed by atoms with van der Waals surface area (Å²) in [5.41, 5.74) is 0. The van der Waals surface area contributed by atoms with Gasteiger partial charge >= 0.3 is 0 Å². The predicted molar refractivity (Wildman–Crippen MR) is 113 cm³/mol. The van der Waals surface area contributed by atoms with Gasteiger partial charge in [0.2, 0.25) is 11.8 Å². The van der Waals surface area contributed by atoms with E-state index >= 15 is 0 Å². The maximum Gasteiger partial charge on any atom is 0.252 e. The van der Waals surface area contributed by atoms with Crippen molar-refractivity contribution < 1.29 is 18.0 Å². The predicted octanol–water partition coefficient (Wildman–Crippen LogP) is 2.26. The van der Waals surface area contributed by atoms with Gasteiger partial charge in [-0.05, 0) is 51.0 Å². The number of carbonyl (C=O) groups excluding carboxylic acids is 2. The molecule has 2 amide bonds. The standard InChI is InChI=1S/C20H31N3O4S2/c1-3-21(4-2)19(24)16-7-11-22(12-8-16)20(25)17-9-13-23(14-10-17)29(26,27)18-6-5-15-28-18/h5-6,15-17H,3-4,7-14H2,1-2H3. The molecular weight excluding hydrogens is 410 g/mol. The number of rotatable bonds is 6. The molecule has 29 heavy (non-hydrogen) atoms. The fourth-order valence-corrected chi connectivity index (χ4v) is 6.89. The van der Waals surface area contributed by atoms with Crippen LogP contribution in [0.1, 0.15) is 39.5 Å². The topological polar surface area (TPSA) is 78.0 Å². The van der Waals surface area contributed by atoms with Gasteiger partial charge in [0, 0.05) is 51.1 Å². The van der Waals surface area contributed by atoms with E-state index in [0.29, 0.717) is 56.1 Å². The van der Waals surface area contributed by atoms with Crippen LogP contribution in [-0.4, -0.2) is 73.6 Å². The minimum atomic E-state index is -3.44. The van der Waals surface area contributed by atoms with Crippen LogP contribution in [0.2, 0.25) is 0 Å². The molecule has 0 N–H and O–H groups in total. The Hall–Kier alpha value is -1.45. The monoisotopic (exact) mass is 441 g/mol. The molecule has 7 nitrogen and oxygen atoms in total. The Bertz CT molecular complexity index is 790. The molecule has 1 aromatic rings. The highest BCUT2D eigenvalue weighted by Gasteiger charge is 2.36. The van der Waals surface area contributed by atoms with E-state index in [1.807, 2.05) is 23.6 Å². The van der Waals surface area contributed by atoms with Gasteiger partial charge in [0.05, 0.1) is 0 Å². The Balaban J connectivity index is 1.50. The van der Waals surface area contributed by atoms with Crippen LogP contribution >= 0.6 is 11.3 Å². The summed E-state index contributed by atoms with van der Waals surface area (Å²) >= 11 is 1.23. The first-order chi connectivity index (χ1) is 13.9. The van der Waals surface area contributed by atoms with Crippen LogP contribution in [0.4, 0.5) is 0 Å². The fraction of sp³-hybridized carbons (Fsp3) is 0.700. The highest BCUT2D eigenvalue weighted by molar-refractivity contribution is 7.91. The van der Waals surface area contributed by atoms with E-state index < -0.39 is 10.0 Å². The lowest BCUT2D eigenvalue weighted by Crippen LogP contribution is -2.48. The molecule has 1 aromatic heterocycles. The lowest BCUT2D eigenvalue weighted by molar-refractivity contribution is -0.143. The summed E-state index contributed by atoms with van der Waals surface area (Å²) in [6.45, 7) is 7.43. The van der Waals surface area contributed by atoms with E-state index in [1.165, 1.54) is 15.6 Å². The molecule has 2 saturated heterocycles. The summed E-state index contributed by atoms with van der Waals surface area (Å²) in [7, 11) is -3.44. The van der Waals surface area contributed by atoms with E-state index in [9.17, 15) is 18.0 Å². The second-order valence-electron chi connectivity index (χ2n) is 7.72. The highest BCUT2D eigenvalue weighted by atomic mass is 32.2. The number of nitrogens with zero attached hydrogens (tertiary/aromatic N) is 3.